The molecule has 24 heavy (non-hydrogen) atoms. The molecule has 1 aromatic rings. The van der Waals surface area contributed by atoms with Crippen LogP contribution < -0.4 is 10.7 Å². The molecular formula is C22H36N2. The van der Waals surface area contributed by atoms with Gasteiger partial charge in [-0.3, -0.25) is 9.98 Å². The summed E-state index contributed by atoms with van der Waals surface area (Å²) < 4.78 is 0. The molecule has 0 saturated carbocycles. The number of benzene rings is 1. The highest BCUT2D eigenvalue weighted by atomic mass is 15.0. The highest BCUT2D eigenvalue weighted by Gasteiger charge is 2.08. The second-order valence-electron chi connectivity index (χ2n) is 7.26. The van der Waals surface area contributed by atoms with Crippen molar-refractivity contribution in [2.45, 2.75) is 103 Å². The number of nitrogens with zero attached hydrogens (tertiary/aromatic N) is 2. The summed E-state index contributed by atoms with van der Waals surface area (Å²) >= 11 is 0. The summed E-state index contributed by atoms with van der Waals surface area (Å²) in [6.45, 7) is 2.29. The largest absolute Gasteiger partial charge is 0.256 e. The van der Waals surface area contributed by atoms with Crippen molar-refractivity contribution in [3.05, 3.63) is 35.0 Å². The minimum absolute atomic E-state index is 0.190. The zero-order valence-electron chi connectivity index (χ0n) is 15.7. The van der Waals surface area contributed by atoms with Gasteiger partial charge in [-0.15, -0.1) is 0 Å². The van der Waals surface area contributed by atoms with Crippen molar-refractivity contribution in [3.63, 3.8) is 0 Å². The van der Waals surface area contributed by atoms with E-state index in [-0.39, 0.29) is 6.17 Å². The van der Waals surface area contributed by atoms with E-state index in [1.807, 2.05) is 12.1 Å². The van der Waals surface area contributed by atoms with Crippen molar-refractivity contribution < 1.29 is 0 Å². The fourth-order valence-corrected chi connectivity index (χ4v) is 3.51. The summed E-state index contributed by atoms with van der Waals surface area (Å²) in [5, 5.41) is 2.16. The van der Waals surface area contributed by atoms with E-state index in [1.54, 1.807) is 0 Å². The summed E-state index contributed by atoms with van der Waals surface area (Å²) in [7, 11) is 0. The van der Waals surface area contributed by atoms with Crippen LogP contribution in [0.3, 0.4) is 0 Å². The van der Waals surface area contributed by atoms with Gasteiger partial charge >= 0.3 is 0 Å². The van der Waals surface area contributed by atoms with Crippen LogP contribution in [-0.2, 0) is 0 Å². The summed E-state index contributed by atoms with van der Waals surface area (Å²) in [6, 6.07) is 8.24. The Balaban J connectivity index is 1.37. The van der Waals surface area contributed by atoms with Gasteiger partial charge in [0, 0.05) is 0 Å². The molecule has 1 aromatic carbocycles. The van der Waals surface area contributed by atoms with Crippen molar-refractivity contribution in [2.24, 2.45) is 9.98 Å². The number of hydrogen-bond acceptors (Lipinski definition) is 2. The summed E-state index contributed by atoms with van der Waals surface area (Å²) in [6.07, 6.45) is 19.6. The quantitative estimate of drug-likeness (QED) is 0.389. The molecule has 1 aliphatic heterocycles. The molecule has 2 heteroatoms. The van der Waals surface area contributed by atoms with Gasteiger partial charge in [-0.05, 0) is 25.0 Å². The number of fused-ring (bicyclic) bond motifs is 1. The molecule has 1 heterocycles. The van der Waals surface area contributed by atoms with E-state index in [0.29, 0.717) is 0 Å². The topological polar surface area (TPSA) is 24.7 Å². The third-order valence-electron chi connectivity index (χ3n) is 5.02. The molecule has 0 amide bonds. The third kappa shape index (κ3) is 7.59. The zero-order chi connectivity index (χ0) is 16.9. The maximum Gasteiger partial charge on any atom is 0.141 e. The highest BCUT2D eigenvalue weighted by Crippen LogP contribution is 2.14. The van der Waals surface area contributed by atoms with Crippen molar-refractivity contribution in [3.8, 4) is 0 Å². The second kappa shape index (κ2) is 12.2. The van der Waals surface area contributed by atoms with Crippen LogP contribution in [0.5, 0.6) is 0 Å². The standard InChI is InChI=1S/C22H36N2/c1-2-3-4-5-6-7-8-9-10-11-12-13-14-19-22-23-20-17-15-16-18-21(20)24-22/h15-18,22H,2-14,19H2,1H3. The molecule has 2 nitrogen and oxygen atoms in total. The Morgan fingerprint density at radius 1 is 0.625 bits per heavy atom. The molecule has 134 valence electrons. The van der Waals surface area contributed by atoms with E-state index in [1.165, 1.54) is 83.5 Å². The first kappa shape index (κ1) is 19.1. The van der Waals surface area contributed by atoms with Crippen LogP contribution in [0.25, 0.3) is 0 Å². The minimum atomic E-state index is 0.190. The molecule has 0 N–H and O–H groups in total. The molecule has 0 aromatic heterocycles. The molecule has 1 aliphatic rings. The van der Waals surface area contributed by atoms with Gasteiger partial charge in [-0.2, -0.15) is 0 Å². The van der Waals surface area contributed by atoms with Gasteiger partial charge < -0.3 is 0 Å². The molecule has 0 atom stereocenters. The van der Waals surface area contributed by atoms with Gasteiger partial charge in [-0.1, -0.05) is 96.1 Å². The van der Waals surface area contributed by atoms with Crippen LogP contribution in [0.2, 0.25) is 0 Å². The van der Waals surface area contributed by atoms with Crippen LogP contribution in [0, 0.1) is 0 Å². The molecule has 2 rings (SSSR count). The normalized spacial score (nSPS) is 13.5. The van der Waals surface area contributed by atoms with Crippen LogP contribution in [0.1, 0.15) is 96.8 Å². The van der Waals surface area contributed by atoms with E-state index in [0.717, 1.165) is 17.1 Å². The average Bonchev–Trinajstić information content (AvgIpc) is 3.02. The van der Waals surface area contributed by atoms with Crippen molar-refractivity contribution in [2.75, 3.05) is 0 Å². The van der Waals surface area contributed by atoms with Crippen LogP contribution in [0.4, 0.5) is 0 Å². The first-order chi connectivity index (χ1) is 11.9. The molecule has 0 aliphatic carbocycles. The molecule has 0 unspecified atom stereocenters. The fraction of sp³-hybridized carbons (Fsp3) is 0.727. The fourth-order valence-electron chi connectivity index (χ4n) is 3.51. The van der Waals surface area contributed by atoms with E-state index >= 15 is 0 Å². The summed E-state index contributed by atoms with van der Waals surface area (Å²) in [5.74, 6) is 0. The van der Waals surface area contributed by atoms with Gasteiger partial charge in [0.05, 0.1) is 10.7 Å². The smallest absolute Gasteiger partial charge is 0.141 e. The first-order valence-electron chi connectivity index (χ1n) is 10.4. The highest BCUT2D eigenvalue weighted by molar-refractivity contribution is 5.03. The lowest BCUT2D eigenvalue weighted by Crippen LogP contribution is -2.19. The Kier molecular flexibility index (Phi) is 9.75. The van der Waals surface area contributed by atoms with Gasteiger partial charge in [0.25, 0.3) is 0 Å². The predicted octanol–water partition coefficient (Wildman–Crippen LogP) is 5.75. The third-order valence-corrected chi connectivity index (χ3v) is 5.02. The summed E-state index contributed by atoms with van der Waals surface area (Å²) in [5.41, 5.74) is 0. The van der Waals surface area contributed by atoms with Crippen molar-refractivity contribution in [1.29, 1.82) is 0 Å². The van der Waals surface area contributed by atoms with Gasteiger partial charge in [0.15, 0.2) is 0 Å². The van der Waals surface area contributed by atoms with Crippen molar-refractivity contribution >= 4 is 0 Å². The lowest BCUT2D eigenvalue weighted by molar-refractivity contribution is 0.521. The van der Waals surface area contributed by atoms with E-state index in [9.17, 15) is 0 Å². The van der Waals surface area contributed by atoms with Crippen LogP contribution in [0.15, 0.2) is 34.3 Å². The summed E-state index contributed by atoms with van der Waals surface area (Å²) in [4.78, 5) is 9.36. The Morgan fingerprint density at radius 2 is 1.04 bits per heavy atom. The van der Waals surface area contributed by atoms with E-state index in [4.69, 9.17) is 0 Å². The molecule has 0 saturated heterocycles. The zero-order valence-corrected chi connectivity index (χ0v) is 15.7. The van der Waals surface area contributed by atoms with Gasteiger partial charge in [0.1, 0.15) is 6.17 Å². The Morgan fingerprint density at radius 3 is 1.50 bits per heavy atom. The average molecular weight is 329 g/mol. The molecule has 0 bridgehead atoms. The monoisotopic (exact) mass is 328 g/mol. The lowest BCUT2D eigenvalue weighted by atomic mass is 10.0. The predicted molar refractivity (Wildman–Crippen MR) is 103 cm³/mol. The minimum Gasteiger partial charge on any atom is -0.256 e. The number of hydrogen-bond donors (Lipinski definition) is 0. The second-order valence-corrected chi connectivity index (χ2v) is 7.26. The van der Waals surface area contributed by atoms with Crippen LogP contribution >= 0.6 is 0 Å². The van der Waals surface area contributed by atoms with E-state index < -0.39 is 0 Å². The SMILES string of the molecule is CCCCCCCCCCCCCCCC1N=c2ccccc2=N1. The Bertz CT molecular complexity index is 514. The Hall–Kier alpha value is -1.18. The molecule has 0 radical (unpaired) electrons. The van der Waals surface area contributed by atoms with E-state index in [2.05, 4.69) is 29.0 Å². The van der Waals surface area contributed by atoms with Gasteiger partial charge in [-0.25, -0.2) is 0 Å². The maximum absolute atomic E-state index is 4.68. The van der Waals surface area contributed by atoms with Crippen molar-refractivity contribution in [1.82, 2.24) is 0 Å². The maximum atomic E-state index is 4.68. The number of rotatable bonds is 14. The van der Waals surface area contributed by atoms with Crippen LogP contribution in [-0.4, -0.2) is 6.17 Å². The Labute approximate surface area is 148 Å². The molecule has 0 spiro atoms. The molecule has 0 fully saturated rings. The molecular weight excluding hydrogens is 292 g/mol. The van der Waals surface area contributed by atoms with Gasteiger partial charge in [0.2, 0.25) is 0 Å². The lowest BCUT2D eigenvalue weighted by Gasteiger charge is -2.05. The first-order valence-corrected chi connectivity index (χ1v) is 10.4. The number of para-hydroxylation sites is 2. The number of unbranched alkanes of at least 4 members (excludes halogenated alkanes) is 12.